The molecule has 1 aromatic carbocycles. The van der Waals surface area contributed by atoms with Crippen LogP contribution in [0.4, 0.5) is 4.39 Å². The Morgan fingerprint density at radius 2 is 2.15 bits per heavy atom. The summed E-state index contributed by atoms with van der Waals surface area (Å²) in [7, 11) is 0. The summed E-state index contributed by atoms with van der Waals surface area (Å²) in [5.74, 6) is -0.188. The maximum Gasteiger partial charge on any atom is 0.124 e. The fourth-order valence-corrected chi connectivity index (χ4v) is 1.18. The minimum absolute atomic E-state index is 0.188. The van der Waals surface area contributed by atoms with E-state index in [0.29, 0.717) is 6.54 Å². The Morgan fingerprint density at radius 3 is 2.77 bits per heavy atom. The highest BCUT2D eigenvalue weighted by molar-refractivity contribution is 5.50. The number of halogens is 1. The number of rotatable bonds is 3. The normalized spacial score (nSPS) is 11.0. The molecular formula is C11H14FN. The van der Waals surface area contributed by atoms with Crippen LogP contribution in [0.1, 0.15) is 17.5 Å². The van der Waals surface area contributed by atoms with Crippen LogP contribution < -0.4 is 5.73 Å². The smallest absolute Gasteiger partial charge is 0.124 e. The molecule has 0 bridgehead atoms. The van der Waals surface area contributed by atoms with E-state index in [9.17, 15) is 4.39 Å². The Bertz CT molecular complexity index is 285. The number of nitrogens with two attached hydrogens (primary N) is 1. The van der Waals surface area contributed by atoms with Crippen molar-refractivity contribution in [2.24, 2.45) is 5.73 Å². The summed E-state index contributed by atoms with van der Waals surface area (Å²) in [6.45, 7) is 2.51. The molecule has 13 heavy (non-hydrogen) atoms. The molecule has 0 amide bonds. The van der Waals surface area contributed by atoms with Gasteiger partial charge in [0, 0.05) is 0 Å². The van der Waals surface area contributed by atoms with Crippen LogP contribution in [-0.2, 0) is 0 Å². The van der Waals surface area contributed by atoms with Crippen LogP contribution >= 0.6 is 0 Å². The molecule has 0 atom stereocenters. The predicted molar refractivity (Wildman–Crippen MR) is 53.8 cm³/mol. The predicted octanol–water partition coefficient (Wildman–Crippen LogP) is 2.50. The van der Waals surface area contributed by atoms with Crippen molar-refractivity contribution in [1.82, 2.24) is 0 Å². The van der Waals surface area contributed by atoms with Gasteiger partial charge in [-0.05, 0) is 43.1 Å². The van der Waals surface area contributed by atoms with Gasteiger partial charge >= 0.3 is 0 Å². The third kappa shape index (κ3) is 3.38. The zero-order valence-electron chi connectivity index (χ0n) is 7.76. The molecule has 1 nitrogen and oxygen atoms in total. The first-order chi connectivity index (χ1) is 6.22. The Hall–Kier alpha value is -1.15. The lowest BCUT2D eigenvalue weighted by Crippen LogP contribution is -1.95. The maximum atomic E-state index is 12.9. The Labute approximate surface area is 78.1 Å². The lowest BCUT2D eigenvalue weighted by atomic mass is 10.1. The van der Waals surface area contributed by atoms with Gasteiger partial charge in [0.05, 0.1) is 0 Å². The van der Waals surface area contributed by atoms with Crippen molar-refractivity contribution in [1.29, 1.82) is 0 Å². The van der Waals surface area contributed by atoms with Crippen LogP contribution in [0, 0.1) is 12.7 Å². The average Bonchev–Trinajstić information content (AvgIpc) is 2.03. The van der Waals surface area contributed by atoms with Gasteiger partial charge in [-0.15, -0.1) is 0 Å². The first-order valence-electron chi connectivity index (χ1n) is 4.36. The molecule has 0 spiro atoms. The quantitative estimate of drug-likeness (QED) is 0.758. The summed E-state index contributed by atoms with van der Waals surface area (Å²) >= 11 is 0. The van der Waals surface area contributed by atoms with Crippen LogP contribution in [0.3, 0.4) is 0 Å². The Kier molecular flexibility index (Phi) is 3.65. The van der Waals surface area contributed by atoms with Crippen LogP contribution in [0.25, 0.3) is 6.08 Å². The molecule has 0 aliphatic heterocycles. The minimum Gasteiger partial charge on any atom is -0.330 e. The molecule has 0 saturated carbocycles. The Morgan fingerprint density at radius 1 is 1.38 bits per heavy atom. The third-order valence-corrected chi connectivity index (χ3v) is 1.71. The molecule has 0 aromatic heterocycles. The third-order valence-electron chi connectivity index (χ3n) is 1.71. The highest BCUT2D eigenvalue weighted by Crippen LogP contribution is 2.09. The fraction of sp³-hybridized carbons (Fsp3) is 0.273. The molecular weight excluding hydrogens is 165 g/mol. The zero-order valence-corrected chi connectivity index (χ0v) is 7.76. The molecule has 0 unspecified atom stereocenters. The second-order valence-electron chi connectivity index (χ2n) is 3.04. The number of benzene rings is 1. The highest BCUT2D eigenvalue weighted by atomic mass is 19.1. The molecule has 0 radical (unpaired) electrons. The molecule has 2 N–H and O–H groups in total. The lowest BCUT2D eigenvalue weighted by Gasteiger charge is -1.97. The molecule has 0 fully saturated rings. The monoisotopic (exact) mass is 179 g/mol. The SMILES string of the molecule is Cc1cc(F)cc(C=CCCN)c1. The second-order valence-corrected chi connectivity index (χ2v) is 3.04. The molecule has 0 aliphatic rings. The fourth-order valence-electron chi connectivity index (χ4n) is 1.18. The summed E-state index contributed by atoms with van der Waals surface area (Å²) in [4.78, 5) is 0. The summed E-state index contributed by atoms with van der Waals surface area (Å²) in [6, 6.07) is 4.97. The van der Waals surface area contributed by atoms with E-state index >= 15 is 0 Å². The number of aryl methyl sites for hydroxylation is 1. The lowest BCUT2D eigenvalue weighted by molar-refractivity contribution is 0.626. The molecule has 0 saturated heterocycles. The van der Waals surface area contributed by atoms with Gasteiger partial charge in [-0.2, -0.15) is 0 Å². The summed E-state index contributed by atoms with van der Waals surface area (Å²) in [5.41, 5.74) is 7.16. The first kappa shape index (κ1) is 9.93. The van der Waals surface area contributed by atoms with Gasteiger partial charge in [0.25, 0.3) is 0 Å². The van der Waals surface area contributed by atoms with E-state index < -0.39 is 0 Å². The van der Waals surface area contributed by atoms with E-state index in [-0.39, 0.29) is 5.82 Å². The van der Waals surface area contributed by atoms with Crippen LogP contribution in [0.5, 0.6) is 0 Å². The van der Waals surface area contributed by atoms with E-state index in [1.54, 1.807) is 0 Å². The largest absolute Gasteiger partial charge is 0.330 e. The minimum atomic E-state index is -0.188. The molecule has 0 heterocycles. The highest BCUT2D eigenvalue weighted by Gasteiger charge is 1.93. The van der Waals surface area contributed by atoms with Crippen molar-refractivity contribution < 1.29 is 4.39 Å². The van der Waals surface area contributed by atoms with Crippen molar-refractivity contribution in [2.75, 3.05) is 6.54 Å². The van der Waals surface area contributed by atoms with Gasteiger partial charge in [-0.25, -0.2) is 4.39 Å². The van der Waals surface area contributed by atoms with E-state index in [1.165, 1.54) is 12.1 Å². The first-order valence-corrected chi connectivity index (χ1v) is 4.36. The van der Waals surface area contributed by atoms with Gasteiger partial charge in [0.1, 0.15) is 5.82 Å². The summed E-state index contributed by atoms with van der Waals surface area (Å²) in [5, 5.41) is 0. The molecule has 0 aliphatic carbocycles. The Balaban J connectivity index is 2.77. The number of hydrogen-bond acceptors (Lipinski definition) is 1. The van der Waals surface area contributed by atoms with Gasteiger partial charge in [0.15, 0.2) is 0 Å². The maximum absolute atomic E-state index is 12.9. The van der Waals surface area contributed by atoms with E-state index in [2.05, 4.69) is 0 Å². The van der Waals surface area contributed by atoms with Gasteiger partial charge in [-0.1, -0.05) is 18.2 Å². The standard InChI is InChI=1S/C11H14FN/c1-9-6-10(4-2-3-5-13)8-11(12)7-9/h2,4,6-8H,3,5,13H2,1H3. The second kappa shape index (κ2) is 4.77. The summed E-state index contributed by atoms with van der Waals surface area (Å²) < 4.78 is 12.9. The number of hydrogen-bond donors (Lipinski definition) is 1. The van der Waals surface area contributed by atoms with Crippen LogP contribution in [-0.4, -0.2) is 6.54 Å². The van der Waals surface area contributed by atoms with E-state index in [4.69, 9.17) is 5.73 Å². The van der Waals surface area contributed by atoms with Crippen molar-refractivity contribution in [3.63, 3.8) is 0 Å². The summed E-state index contributed by atoms with van der Waals surface area (Å²) in [6.07, 6.45) is 4.67. The average molecular weight is 179 g/mol. The van der Waals surface area contributed by atoms with Crippen LogP contribution in [0.15, 0.2) is 24.3 Å². The topological polar surface area (TPSA) is 26.0 Å². The van der Waals surface area contributed by atoms with Crippen molar-refractivity contribution in [3.8, 4) is 0 Å². The van der Waals surface area contributed by atoms with Crippen molar-refractivity contribution >= 4 is 6.08 Å². The zero-order chi connectivity index (χ0) is 9.68. The van der Waals surface area contributed by atoms with E-state index in [1.807, 2.05) is 25.1 Å². The van der Waals surface area contributed by atoms with Gasteiger partial charge in [-0.3, -0.25) is 0 Å². The van der Waals surface area contributed by atoms with Crippen molar-refractivity contribution in [2.45, 2.75) is 13.3 Å². The molecule has 2 heteroatoms. The molecule has 1 aromatic rings. The van der Waals surface area contributed by atoms with Crippen molar-refractivity contribution in [3.05, 3.63) is 41.2 Å². The molecule has 70 valence electrons. The van der Waals surface area contributed by atoms with Gasteiger partial charge in [0.2, 0.25) is 0 Å². The van der Waals surface area contributed by atoms with Crippen LogP contribution in [0.2, 0.25) is 0 Å². The van der Waals surface area contributed by atoms with E-state index in [0.717, 1.165) is 17.5 Å². The van der Waals surface area contributed by atoms with Gasteiger partial charge < -0.3 is 5.73 Å². The molecule has 1 rings (SSSR count).